The van der Waals surface area contributed by atoms with Gasteiger partial charge >= 0.3 is 5.69 Å². The number of halogens is 2. The fourth-order valence-electron chi connectivity index (χ4n) is 1.66. The summed E-state index contributed by atoms with van der Waals surface area (Å²) in [5, 5.41) is 13.1. The highest BCUT2D eigenvalue weighted by Crippen LogP contribution is 2.21. The molecule has 0 unspecified atom stereocenters. The minimum atomic E-state index is -0.951. The van der Waals surface area contributed by atoms with E-state index in [2.05, 4.69) is 21.2 Å². The van der Waals surface area contributed by atoms with Gasteiger partial charge in [0.05, 0.1) is 4.92 Å². The molecular formula is C15H10BrFN2O3. The van der Waals surface area contributed by atoms with Crippen LogP contribution in [0.3, 0.4) is 0 Å². The van der Waals surface area contributed by atoms with Crippen LogP contribution in [-0.4, -0.2) is 10.8 Å². The lowest BCUT2D eigenvalue weighted by atomic mass is 10.2. The molecule has 1 amide bonds. The number of nitro benzene ring substituents is 1. The summed E-state index contributed by atoms with van der Waals surface area (Å²) in [6.45, 7) is 0. The van der Waals surface area contributed by atoms with Gasteiger partial charge in [-0.25, -0.2) is 0 Å². The second-order valence-electron chi connectivity index (χ2n) is 4.30. The van der Waals surface area contributed by atoms with E-state index in [1.54, 1.807) is 6.08 Å². The van der Waals surface area contributed by atoms with Crippen LogP contribution in [0.25, 0.3) is 6.08 Å². The van der Waals surface area contributed by atoms with E-state index in [0.29, 0.717) is 0 Å². The van der Waals surface area contributed by atoms with E-state index in [1.807, 2.05) is 24.3 Å². The van der Waals surface area contributed by atoms with Gasteiger partial charge in [-0.1, -0.05) is 28.1 Å². The van der Waals surface area contributed by atoms with Crippen LogP contribution >= 0.6 is 15.9 Å². The zero-order chi connectivity index (χ0) is 16.1. The summed E-state index contributed by atoms with van der Waals surface area (Å²) in [6.07, 6.45) is 2.89. The van der Waals surface area contributed by atoms with Gasteiger partial charge in [0.2, 0.25) is 11.7 Å². The molecule has 7 heteroatoms. The monoisotopic (exact) mass is 364 g/mol. The van der Waals surface area contributed by atoms with E-state index in [1.165, 1.54) is 12.1 Å². The maximum Gasteiger partial charge on any atom is 0.306 e. The van der Waals surface area contributed by atoms with Crippen LogP contribution in [0.5, 0.6) is 0 Å². The van der Waals surface area contributed by atoms with Crippen LogP contribution in [-0.2, 0) is 4.79 Å². The van der Waals surface area contributed by atoms with Crippen LogP contribution in [0.4, 0.5) is 15.8 Å². The van der Waals surface area contributed by atoms with Gasteiger partial charge in [-0.2, -0.15) is 4.39 Å². The summed E-state index contributed by atoms with van der Waals surface area (Å²) in [5.74, 6) is -1.42. The summed E-state index contributed by atoms with van der Waals surface area (Å²) >= 11 is 3.30. The third kappa shape index (κ3) is 4.23. The zero-order valence-electron chi connectivity index (χ0n) is 11.1. The normalized spacial score (nSPS) is 10.6. The van der Waals surface area contributed by atoms with Crippen molar-refractivity contribution >= 4 is 39.3 Å². The molecule has 0 spiro atoms. The van der Waals surface area contributed by atoms with Crippen molar-refractivity contribution in [3.8, 4) is 0 Å². The molecule has 2 aromatic carbocycles. The maximum atomic E-state index is 13.2. The first-order valence-corrected chi connectivity index (χ1v) is 6.93. The first-order valence-electron chi connectivity index (χ1n) is 6.14. The Morgan fingerprint density at radius 3 is 2.55 bits per heavy atom. The summed E-state index contributed by atoms with van der Waals surface area (Å²) in [6, 6.07) is 10.5. The van der Waals surface area contributed by atoms with Crippen molar-refractivity contribution < 1.29 is 14.1 Å². The predicted molar refractivity (Wildman–Crippen MR) is 84.9 cm³/mol. The van der Waals surface area contributed by atoms with E-state index in [0.717, 1.165) is 22.2 Å². The molecule has 22 heavy (non-hydrogen) atoms. The first-order chi connectivity index (χ1) is 10.5. The summed E-state index contributed by atoms with van der Waals surface area (Å²) < 4.78 is 14.1. The Morgan fingerprint density at radius 1 is 1.23 bits per heavy atom. The van der Waals surface area contributed by atoms with Gasteiger partial charge in [-0.3, -0.25) is 14.9 Å². The first kappa shape index (κ1) is 15.8. The summed E-state index contributed by atoms with van der Waals surface area (Å²) in [5.41, 5.74) is 0.289. The molecule has 2 rings (SSSR count). The second kappa shape index (κ2) is 6.95. The van der Waals surface area contributed by atoms with Gasteiger partial charge in [-0.15, -0.1) is 0 Å². The second-order valence-corrected chi connectivity index (χ2v) is 5.21. The highest BCUT2D eigenvalue weighted by molar-refractivity contribution is 9.10. The van der Waals surface area contributed by atoms with Crippen LogP contribution in [0, 0.1) is 15.9 Å². The number of anilines is 1. The molecule has 5 nitrogen and oxygen atoms in total. The molecule has 0 radical (unpaired) electrons. The molecule has 0 saturated heterocycles. The molecule has 2 aromatic rings. The standard InChI is InChI=1S/C15H10BrFN2O3/c16-11-4-1-10(2-5-11)3-8-15(20)18-12-6-7-13(17)14(9-12)19(21)22/h1-9H,(H,18,20)/b8-3+. The molecular weight excluding hydrogens is 355 g/mol. The fraction of sp³-hybridized carbons (Fsp3) is 0. The molecule has 0 fully saturated rings. The lowest BCUT2D eigenvalue weighted by Gasteiger charge is -2.02. The third-order valence-corrected chi connectivity index (χ3v) is 3.24. The summed E-state index contributed by atoms with van der Waals surface area (Å²) in [7, 11) is 0. The van der Waals surface area contributed by atoms with Gasteiger partial charge in [0, 0.05) is 22.3 Å². The minimum Gasteiger partial charge on any atom is -0.322 e. The number of benzene rings is 2. The zero-order valence-corrected chi connectivity index (χ0v) is 12.7. The largest absolute Gasteiger partial charge is 0.322 e. The fourth-order valence-corrected chi connectivity index (χ4v) is 1.92. The number of nitrogens with zero attached hydrogens (tertiary/aromatic N) is 1. The van der Waals surface area contributed by atoms with E-state index >= 15 is 0 Å². The molecule has 0 saturated carbocycles. The van der Waals surface area contributed by atoms with E-state index in [9.17, 15) is 19.3 Å². The number of hydrogen-bond donors (Lipinski definition) is 1. The molecule has 0 heterocycles. The van der Waals surface area contributed by atoms with Crippen molar-refractivity contribution in [2.75, 3.05) is 5.32 Å². The number of rotatable bonds is 4. The Hall–Kier alpha value is -2.54. The molecule has 0 bridgehead atoms. The van der Waals surface area contributed by atoms with Crippen LogP contribution < -0.4 is 5.32 Å². The van der Waals surface area contributed by atoms with E-state index < -0.39 is 22.3 Å². The van der Waals surface area contributed by atoms with Crippen molar-refractivity contribution in [1.29, 1.82) is 0 Å². The van der Waals surface area contributed by atoms with Crippen molar-refractivity contribution in [3.05, 3.63) is 74.5 Å². The van der Waals surface area contributed by atoms with Crippen molar-refractivity contribution in [1.82, 2.24) is 0 Å². The quantitative estimate of drug-likeness (QED) is 0.503. The Balaban J connectivity index is 2.07. The third-order valence-electron chi connectivity index (χ3n) is 2.71. The molecule has 112 valence electrons. The Labute approximate surface area is 133 Å². The maximum absolute atomic E-state index is 13.2. The lowest BCUT2D eigenvalue weighted by Crippen LogP contribution is -2.08. The number of amides is 1. The SMILES string of the molecule is O=C(/C=C/c1ccc(Br)cc1)Nc1ccc(F)c([N+](=O)[O-])c1. The Kier molecular flexibility index (Phi) is 5.00. The average molecular weight is 365 g/mol. The molecule has 1 N–H and O–H groups in total. The van der Waals surface area contributed by atoms with Gasteiger partial charge in [-0.05, 0) is 35.9 Å². The topological polar surface area (TPSA) is 72.2 Å². The van der Waals surface area contributed by atoms with Crippen LogP contribution in [0.15, 0.2) is 53.0 Å². The molecule has 0 atom stereocenters. The van der Waals surface area contributed by atoms with Gasteiger partial charge in [0.15, 0.2) is 0 Å². The van der Waals surface area contributed by atoms with Crippen LogP contribution in [0.2, 0.25) is 0 Å². The molecule has 0 aliphatic heterocycles. The molecule has 0 aromatic heterocycles. The van der Waals surface area contributed by atoms with Crippen molar-refractivity contribution in [2.45, 2.75) is 0 Å². The van der Waals surface area contributed by atoms with Gasteiger partial charge in [0.25, 0.3) is 0 Å². The smallest absolute Gasteiger partial charge is 0.306 e. The molecule has 0 aliphatic rings. The van der Waals surface area contributed by atoms with Gasteiger partial charge in [0.1, 0.15) is 0 Å². The average Bonchev–Trinajstić information content (AvgIpc) is 2.48. The predicted octanol–water partition coefficient (Wildman–Crippen LogP) is 4.15. The van der Waals surface area contributed by atoms with Crippen molar-refractivity contribution in [2.24, 2.45) is 0 Å². The highest BCUT2D eigenvalue weighted by atomic mass is 79.9. The summed E-state index contributed by atoms with van der Waals surface area (Å²) in [4.78, 5) is 21.5. The number of carbonyl (C=O) groups excluding carboxylic acids is 1. The lowest BCUT2D eigenvalue weighted by molar-refractivity contribution is -0.387. The number of nitro groups is 1. The van der Waals surface area contributed by atoms with E-state index in [4.69, 9.17) is 0 Å². The highest BCUT2D eigenvalue weighted by Gasteiger charge is 2.14. The Morgan fingerprint density at radius 2 is 1.91 bits per heavy atom. The van der Waals surface area contributed by atoms with Gasteiger partial charge < -0.3 is 5.32 Å². The minimum absolute atomic E-state index is 0.151. The van der Waals surface area contributed by atoms with E-state index in [-0.39, 0.29) is 5.69 Å². The number of carbonyl (C=O) groups is 1. The Bertz CT molecular complexity index is 745. The molecule has 0 aliphatic carbocycles. The van der Waals surface area contributed by atoms with Crippen LogP contribution in [0.1, 0.15) is 5.56 Å². The number of nitrogens with one attached hydrogen (secondary N) is 1. The van der Waals surface area contributed by atoms with Crippen molar-refractivity contribution in [3.63, 3.8) is 0 Å². The number of hydrogen-bond acceptors (Lipinski definition) is 3.